The Kier molecular flexibility index (Phi) is 4.05. The molecule has 0 aliphatic rings. The van der Waals surface area contributed by atoms with E-state index in [0.29, 0.717) is 5.69 Å². The lowest BCUT2D eigenvalue weighted by atomic mass is 10.2. The molecule has 0 saturated heterocycles. The smallest absolute Gasteiger partial charge is 0.390 e. The lowest BCUT2D eigenvalue weighted by Gasteiger charge is -2.19. The lowest BCUT2D eigenvalue weighted by molar-refractivity contribution is -0.389. The molecule has 100 valence electrons. The molecule has 0 radical (unpaired) electrons. The normalized spacial score (nSPS) is 11.3. The molecule has 0 aromatic carbocycles. The highest BCUT2D eigenvalue weighted by Gasteiger charge is 2.19. The Labute approximate surface area is 105 Å². The second kappa shape index (κ2) is 5.16. The summed E-state index contributed by atoms with van der Waals surface area (Å²) in [6.07, 6.45) is 0.136. The zero-order valence-corrected chi connectivity index (χ0v) is 11.0. The fourth-order valence-corrected chi connectivity index (χ4v) is 1.40. The van der Waals surface area contributed by atoms with Gasteiger partial charge in [0.2, 0.25) is 0 Å². The van der Waals surface area contributed by atoms with E-state index in [0.717, 1.165) is 0 Å². The third-order valence-corrected chi connectivity index (χ3v) is 2.10. The van der Waals surface area contributed by atoms with Crippen LogP contribution in [0.3, 0.4) is 0 Å². The second-order valence-corrected chi connectivity index (χ2v) is 4.96. The monoisotopic (exact) mass is 255 g/mol. The number of nitro groups is 1. The fraction of sp³-hybridized carbons (Fsp3) is 0.636. The van der Waals surface area contributed by atoms with Gasteiger partial charge in [-0.2, -0.15) is 4.68 Å². The molecule has 0 unspecified atom stereocenters. The number of esters is 1. The number of aryl methyl sites for hydroxylation is 2. The highest BCUT2D eigenvalue weighted by atomic mass is 16.6. The van der Waals surface area contributed by atoms with Crippen molar-refractivity contribution in [2.24, 2.45) is 0 Å². The number of ether oxygens (including phenoxy) is 1. The third-order valence-electron chi connectivity index (χ3n) is 2.10. The van der Waals surface area contributed by atoms with Crippen LogP contribution in [0.15, 0.2) is 6.07 Å². The third kappa shape index (κ3) is 4.15. The van der Waals surface area contributed by atoms with Crippen LogP contribution in [0.1, 0.15) is 32.9 Å². The summed E-state index contributed by atoms with van der Waals surface area (Å²) >= 11 is 0. The van der Waals surface area contributed by atoms with Crippen LogP contribution in [0, 0.1) is 17.0 Å². The van der Waals surface area contributed by atoms with Gasteiger partial charge in [0, 0.05) is 0 Å². The van der Waals surface area contributed by atoms with Gasteiger partial charge in [-0.05, 0) is 32.6 Å². The average Bonchev–Trinajstić information content (AvgIpc) is 2.54. The molecule has 0 N–H and O–H groups in total. The van der Waals surface area contributed by atoms with Crippen molar-refractivity contribution in [1.29, 1.82) is 0 Å². The van der Waals surface area contributed by atoms with Crippen LogP contribution in [0.5, 0.6) is 0 Å². The molecule has 7 nitrogen and oxygen atoms in total. The van der Waals surface area contributed by atoms with Crippen LogP contribution in [-0.2, 0) is 16.1 Å². The minimum Gasteiger partial charge on any atom is -0.460 e. The fourth-order valence-electron chi connectivity index (χ4n) is 1.40. The van der Waals surface area contributed by atoms with Crippen LogP contribution < -0.4 is 0 Å². The quantitative estimate of drug-likeness (QED) is 0.465. The zero-order chi connectivity index (χ0) is 13.9. The first-order valence-corrected chi connectivity index (χ1v) is 5.60. The maximum Gasteiger partial charge on any atom is 0.390 e. The SMILES string of the molecule is Cc1cc([N+](=O)[O-])nn1CCC(=O)OC(C)(C)C. The number of nitrogens with zero attached hydrogens (tertiary/aromatic N) is 3. The van der Waals surface area contributed by atoms with E-state index in [1.54, 1.807) is 27.7 Å². The van der Waals surface area contributed by atoms with Gasteiger partial charge in [0.1, 0.15) is 5.60 Å². The van der Waals surface area contributed by atoms with E-state index in [1.165, 1.54) is 10.7 Å². The van der Waals surface area contributed by atoms with Gasteiger partial charge in [0.25, 0.3) is 0 Å². The van der Waals surface area contributed by atoms with Crippen molar-refractivity contribution < 1.29 is 14.5 Å². The Morgan fingerprint density at radius 3 is 2.61 bits per heavy atom. The molecular weight excluding hydrogens is 238 g/mol. The van der Waals surface area contributed by atoms with Crippen LogP contribution in [0.25, 0.3) is 0 Å². The van der Waals surface area contributed by atoms with Gasteiger partial charge in [-0.15, -0.1) is 0 Å². The first kappa shape index (κ1) is 14.1. The Bertz CT molecular complexity index is 459. The number of hydrogen-bond donors (Lipinski definition) is 0. The van der Waals surface area contributed by atoms with Crippen molar-refractivity contribution in [2.45, 2.75) is 46.3 Å². The standard InChI is InChI=1S/C11H17N3O4/c1-8-7-9(14(16)17)12-13(8)6-5-10(15)18-11(2,3)4/h7H,5-6H2,1-4H3. The summed E-state index contributed by atoms with van der Waals surface area (Å²) in [5, 5.41) is 14.3. The van der Waals surface area contributed by atoms with Gasteiger partial charge in [-0.3, -0.25) is 4.79 Å². The predicted molar refractivity (Wildman–Crippen MR) is 64.1 cm³/mol. The summed E-state index contributed by atoms with van der Waals surface area (Å²) in [6.45, 7) is 7.34. The number of carbonyl (C=O) groups excluding carboxylic acids is 1. The summed E-state index contributed by atoms with van der Waals surface area (Å²) in [6, 6.07) is 1.37. The van der Waals surface area contributed by atoms with Crippen molar-refractivity contribution in [3.8, 4) is 0 Å². The lowest BCUT2D eigenvalue weighted by Crippen LogP contribution is -2.24. The molecule has 0 atom stereocenters. The molecule has 1 aromatic rings. The van der Waals surface area contributed by atoms with E-state index >= 15 is 0 Å². The molecule has 0 fully saturated rings. The average molecular weight is 255 g/mol. The molecule has 1 rings (SSSR count). The van der Waals surface area contributed by atoms with Gasteiger partial charge in [-0.25, -0.2) is 0 Å². The summed E-state index contributed by atoms with van der Waals surface area (Å²) in [7, 11) is 0. The van der Waals surface area contributed by atoms with E-state index in [4.69, 9.17) is 4.74 Å². The summed E-state index contributed by atoms with van der Waals surface area (Å²) < 4.78 is 6.57. The molecule has 7 heteroatoms. The Morgan fingerprint density at radius 2 is 2.17 bits per heavy atom. The van der Waals surface area contributed by atoms with Crippen LogP contribution in [0.2, 0.25) is 0 Å². The highest BCUT2D eigenvalue weighted by molar-refractivity contribution is 5.69. The Hall–Kier alpha value is -1.92. The number of carbonyl (C=O) groups is 1. The molecule has 1 aromatic heterocycles. The number of aromatic nitrogens is 2. The molecule has 18 heavy (non-hydrogen) atoms. The zero-order valence-electron chi connectivity index (χ0n) is 11.0. The van der Waals surface area contributed by atoms with E-state index < -0.39 is 10.5 Å². The van der Waals surface area contributed by atoms with E-state index in [2.05, 4.69) is 5.10 Å². The van der Waals surface area contributed by atoms with Crippen LogP contribution in [0.4, 0.5) is 5.82 Å². The highest BCUT2D eigenvalue weighted by Crippen LogP contribution is 2.12. The summed E-state index contributed by atoms with van der Waals surface area (Å²) in [4.78, 5) is 21.5. The molecule has 0 saturated carbocycles. The second-order valence-electron chi connectivity index (χ2n) is 4.96. The predicted octanol–water partition coefficient (Wildman–Crippen LogP) is 1.83. The molecule has 1 heterocycles. The van der Waals surface area contributed by atoms with Crippen molar-refractivity contribution in [1.82, 2.24) is 9.78 Å². The molecule has 0 aliphatic heterocycles. The molecule has 0 amide bonds. The van der Waals surface area contributed by atoms with Crippen LogP contribution >= 0.6 is 0 Å². The van der Waals surface area contributed by atoms with Crippen LogP contribution in [-0.4, -0.2) is 26.3 Å². The van der Waals surface area contributed by atoms with Gasteiger partial charge in [0.05, 0.1) is 29.8 Å². The van der Waals surface area contributed by atoms with Gasteiger partial charge >= 0.3 is 11.8 Å². The first-order chi connectivity index (χ1) is 8.19. The van der Waals surface area contributed by atoms with E-state index in [9.17, 15) is 14.9 Å². The maximum atomic E-state index is 11.5. The minimum atomic E-state index is -0.559. The first-order valence-electron chi connectivity index (χ1n) is 5.60. The summed E-state index contributed by atoms with van der Waals surface area (Å²) in [5.41, 5.74) is 0.118. The van der Waals surface area contributed by atoms with E-state index in [1.807, 2.05) is 0 Å². The van der Waals surface area contributed by atoms with Crippen molar-refractivity contribution in [2.75, 3.05) is 0 Å². The minimum absolute atomic E-state index is 0.136. The Morgan fingerprint density at radius 1 is 1.56 bits per heavy atom. The van der Waals surface area contributed by atoms with Crippen molar-refractivity contribution in [3.05, 3.63) is 21.9 Å². The van der Waals surface area contributed by atoms with Gasteiger partial charge in [-0.1, -0.05) is 0 Å². The van der Waals surface area contributed by atoms with E-state index in [-0.39, 0.29) is 24.8 Å². The molecular formula is C11H17N3O4. The van der Waals surface area contributed by atoms with Gasteiger partial charge in [0.15, 0.2) is 0 Å². The number of rotatable bonds is 4. The summed E-state index contributed by atoms with van der Waals surface area (Å²) in [5.74, 6) is -0.559. The topological polar surface area (TPSA) is 87.3 Å². The molecule has 0 aliphatic carbocycles. The molecule has 0 spiro atoms. The largest absolute Gasteiger partial charge is 0.460 e. The number of hydrogen-bond acceptors (Lipinski definition) is 5. The van der Waals surface area contributed by atoms with Crippen molar-refractivity contribution >= 4 is 11.8 Å². The molecule has 0 bridgehead atoms. The maximum absolute atomic E-state index is 11.5. The Balaban J connectivity index is 2.59. The van der Waals surface area contributed by atoms with Crippen molar-refractivity contribution in [3.63, 3.8) is 0 Å². The van der Waals surface area contributed by atoms with Gasteiger partial charge < -0.3 is 14.9 Å².